The average molecular weight is 420 g/mol. The first-order valence-electron chi connectivity index (χ1n) is 8.39. The molecule has 0 fully saturated rings. The summed E-state index contributed by atoms with van der Waals surface area (Å²) in [5.74, 6) is 0.847. The van der Waals surface area contributed by atoms with Crippen molar-refractivity contribution in [2.24, 2.45) is 5.14 Å². The van der Waals surface area contributed by atoms with Gasteiger partial charge >= 0.3 is 5.97 Å². The van der Waals surface area contributed by atoms with Crippen molar-refractivity contribution in [3.05, 3.63) is 53.7 Å². The van der Waals surface area contributed by atoms with Gasteiger partial charge in [0.05, 0.1) is 26.2 Å². The van der Waals surface area contributed by atoms with Crippen molar-refractivity contribution in [3.63, 3.8) is 0 Å². The molecular weight excluding hydrogens is 400 g/mol. The van der Waals surface area contributed by atoms with E-state index in [-0.39, 0.29) is 10.6 Å². The van der Waals surface area contributed by atoms with Crippen molar-refractivity contribution < 1.29 is 32.2 Å². The lowest BCUT2D eigenvalue weighted by molar-refractivity contribution is -0.139. The predicted octanol–water partition coefficient (Wildman–Crippen LogP) is 1.95. The fraction of sp³-hybridized carbons (Fsp3) is 0.211. The summed E-state index contributed by atoms with van der Waals surface area (Å²) in [6, 6.07) is 9.00. The maximum absolute atomic E-state index is 12.3. The van der Waals surface area contributed by atoms with Gasteiger partial charge in [-0.2, -0.15) is 0 Å². The molecule has 1 heterocycles. The number of carbonyl (C=O) groups excluding carboxylic acids is 1. The maximum Gasteiger partial charge on any atom is 0.355 e. The van der Waals surface area contributed by atoms with Crippen molar-refractivity contribution in [3.8, 4) is 17.2 Å². The highest BCUT2D eigenvalue weighted by Gasteiger charge is 2.30. The first-order valence-corrected chi connectivity index (χ1v) is 9.94. The Hall–Kier alpha value is -3.24. The molecule has 1 unspecified atom stereocenters. The second kappa shape index (κ2) is 8.02. The van der Waals surface area contributed by atoms with Crippen molar-refractivity contribution >= 4 is 21.7 Å². The van der Waals surface area contributed by atoms with Gasteiger partial charge in [0.15, 0.2) is 17.6 Å². The van der Waals surface area contributed by atoms with Crippen LogP contribution in [-0.2, 0) is 19.6 Å². The van der Waals surface area contributed by atoms with Gasteiger partial charge in [0.25, 0.3) is 0 Å². The summed E-state index contributed by atoms with van der Waals surface area (Å²) < 4.78 is 44.1. The molecule has 10 heteroatoms. The Labute approximate surface area is 168 Å². The molecule has 154 valence electrons. The molecule has 2 aromatic rings. The highest BCUT2D eigenvalue weighted by Crippen LogP contribution is 2.41. The van der Waals surface area contributed by atoms with Crippen LogP contribution >= 0.6 is 0 Å². The summed E-state index contributed by atoms with van der Waals surface area (Å²) in [6.07, 6.45) is 0.892. The van der Waals surface area contributed by atoms with Crippen LogP contribution in [0.3, 0.4) is 0 Å². The Balaban J connectivity index is 1.88. The summed E-state index contributed by atoms with van der Waals surface area (Å²) in [6.45, 7) is 0. The normalized spacial score (nSPS) is 16.1. The number of anilines is 1. The molecule has 1 aliphatic heterocycles. The van der Waals surface area contributed by atoms with Crippen LogP contribution in [0.2, 0.25) is 0 Å². The first kappa shape index (κ1) is 20.5. The number of ether oxygens (including phenoxy) is 4. The van der Waals surface area contributed by atoms with Gasteiger partial charge in [-0.15, -0.1) is 0 Å². The van der Waals surface area contributed by atoms with E-state index in [1.54, 1.807) is 18.2 Å². The lowest BCUT2D eigenvalue weighted by Gasteiger charge is -2.16. The molecular formula is C19H20N2O7S. The Morgan fingerprint density at radius 2 is 1.55 bits per heavy atom. The van der Waals surface area contributed by atoms with Gasteiger partial charge in [0.1, 0.15) is 11.4 Å². The van der Waals surface area contributed by atoms with Gasteiger partial charge in [-0.25, -0.2) is 18.4 Å². The van der Waals surface area contributed by atoms with Crippen molar-refractivity contribution in [2.75, 3.05) is 26.6 Å². The third-order valence-electron chi connectivity index (χ3n) is 4.28. The minimum atomic E-state index is -3.79. The van der Waals surface area contributed by atoms with Crippen molar-refractivity contribution in [1.82, 2.24) is 0 Å². The van der Waals surface area contributed by atoms with Crippen LogP contribution in [0.4, 0.5) is 5.69 Å². The standard InChI is InChI=1S/C19H20N2O7S/c1-25-15-10-18(27-3)17(26-2)8-13(15)16-9-14(19(22)28-16)21-11-4-6-12(7-5-11)29(20,23)24/h4-10,16,21H,1-3H3,(H2,20,23,24). The van der Waals surface area contributed by atoms with Crippen LogP contribution in [0.1, 0.15) is 11.7 Å². The molecule has 1 atom stereocenters. The van der Waals surface area contributed by atoms with E-state index in [1.807, 2.05) is 0 Å². The number of cyclic esters (lactones) is 1. The van der Waals surface area contributed by atoms with Gasteiger partial charge in [-0.3, -0.25) is 0 Å². The largest absolute Gasteiger partial charge is 0.496 e. The molecule has 0 radical (unpaired) electrons. The summed E-state index contributed by atoms with van der Waals surface area (Å²) in [5, 5.41) is 7.99. The molecule has 0 aromatic heterocycles. The number of rotatable bonds is 7. The fourth-order valence-corrected chi connectivity index (χ4v) is 3.35. The van der Waals surface area contributed by atoms with E-state index in [1.165, 1.54) is 45.6 Å². The number of hydrogen-bond acceptors (Lipinski definition) is 8. The third-order valence-corrected chi connectivity index (χ3v) is 5.21. The lowest BCUT2D eigenvalue weighted by Crippen LogP contribution is -2.12. The fourth-order valence-electron chi connectivity index (χ4n) is 2.84. The molecule has 9 nitrogen and oxygen atoms in total. The van der Waals surface area contributed by atoms with E-state index in [2.05, 4.69) is 5.32 Å². The minimum Gasteiger partial charge on any atom is -0.496 e. The molecule has 3 rings (SSSR count). The zero-order valence-electron chi connectivity index (χ0n) is 16.0. The number of methoxy groups -OCH3 is 3. The topological polar surface area (TPSA) is 126 Å². The van der Waals surface area contributed by atoms with Gasteiger partial charge in [-0.1, -0.05) is 0 Å². The van der Waals surface area contributed by atoms with Crippen LogP contribution in [0.15, 0.2) is 53.1 Å². The molecule has 0 saturated carbocycles. The molecule has 1 aliphatic rings. The number of hydrogen-bond donors (Lipinski definition) is 2. The highest BCUT2D eigenvalue weighted by molar-refractivity contribution is 7.89. The zero-order chi connectivity index (χ0) is 21.2. The zero-order valence-corrected chi connectivity index (χ0v) is 16.8. The number of sulfonamides is 1. The van der Waals surface area contributed by atoms with Crippen molar-refractivity contribution in [2.45, 2.75) is 11.0 Å². The Morgan fingerprint density at radius 3 is 2.10 bits per heavy atom. The molecule has 0 spiro atoms. The SMILES string of the molecule is COc1cc(OC)c(C2C=C(Nc3ccc(S(N)(=O)=O)cc3)C(=O)O2)cc1OC. The number of carbonyl (C=O) groups is 1. The second-order valence-electron chi connectivity index (χ2n) is 6.05. The summed E-state index contributed by atoms with van der Waals surface area (Å²) in [5.41, 5.74) is 1.29. The average Bonchev–Trinajstić information content (AvgIpc) is 3.06. The van der Waals surface area contributed by atoms with E-state index in [9.17, 15) is 13.2 Å². The molecule has 0 aliphatic carbocycles. The van der Waals surface area contributed by atoms with Gasteiger partial charge in [0, 0.05) is 17.3 Å². The number of benzene rings is 2. The third kappa shape index (κ3) is 4.28. The van der Waals surface area contributed by atoms with E-state index in [4.69, 9.17) is 24.1 Å². The van der Waals surface area contributed by atoms with Gasteiger partial charge in [0.2, 0.25) is 10.0 Å². The first-order chi connectivity index (χ1) is 13.8. The van der Waals surface area contributed by atoms with E-state index in [0.29, 0.717) is 28.5 Å². The summed E-state index contributed by atoms with van der Waals surface area (Å²) in [7, 11) is 0.717. The number of esters is 1. The molecule has 2 aromatic carbocycles. The van der Waals surface area contributed by atoms with E-state index < -0.39 is 22.1 Å². The second-order valence-corrected chi connectivity index (χ2v) is 7.61. The van der Waals surface area contributed by atoms with Crippen LogP contribution < -0.4 is 24.7 Å². The van der Waals surface area contributed by atoms with Crippen LogP contribution in [0, 0.1) is 0 Å². The molecule has 3 N–H and O–H groups in total. The molecule has 0 amide bonds. The quantitative estimate of drug-likeness (QED) is 0.651. The number of nitrogens with one attached hydrogen (secondary N) is 1. The minimum absolute atomic E-state index is 0.0287. The van der Waals surface area contributed by atoms with E-state index >= 15 is 0 Å². The smallest absolute Gasteiger partial charge is 0.355 e. The Morgan fingerprint density at radius 1 is 0.966 bits per heavy atom. The number of primary sulfonamides is 1. The van der Waals surface area contributed by atoms with E-state index in [0.717, 1.165) is 0 Å². The molecule has 0 bridgehead atoms. The Bertz CT molecular complexity index is 1060. The van der Waals surface area contributed by atoms with Crippen LogP contribution in [-0.4, -0.2) is 35.7 Å². The maximum atomic E-state index is 12.3. The predicted molar refractivity (Wildman–Crippen MR) is 104 cm³/mol. The molecule has 29 heavy (non-hydrogen) atoms. The lowest BCUT2D eigenvalue weighted by atomic mass is 10.1. The van der Waals surface area contributed by atoms with Crippen molar-refractivity contribution in [1.29, 1.82) is 0 Å². The summed E-state index contributed by atoms with van der Waals surface area (Å²) >= 11 is 0. The van der Waals surface area contributed by atoms with Crippen LogP contribution in [0.5, 0.6) is 17.2 Å². The monoisotopic (exact) mass is 420 g/mol. The number of nitrogens with two attached hydrogens (primary N) is 1. The summed E-state index contributed by atoms with van der Waals surface area (Å²) in [4.78, 5) is 12.3. The van der Waals surface area contributed by atoms with Gasteiger partial charge < -0.3 is 24.3 Å². The van der Waals surface area contributed by atoms with Gasteiger partial charge in [-0.05, 0) is 36.4 Å². The Kier molecular flexibility index (Phi) is 5.66. The molecule has 0 saturated heterocycles. The highest BCUT2D eigenvalue weighted by atomic mass is 32.2. The van der Waals surface area contributed by atoms with Crippen LogP contribution in [0.25, 0.3) is 0 Å².